The van der Waals surface area contributed by atoms with Gasteiger partial charge in [-0.2, -0.15) is 13.2 Å². The molecule has 0 radical (unpaired) electrons. The van der Waals surface area contributed by atoms with Crippen molar-refractivity contribution in [3.8, 4) is 0 Å². The van der Waals surface area contributed by atoms with Crippen molar-refractivity contribution in [2.24, 2.45) is 0 Å². The van der Waals surface area contributed by atoms with Crippen LogP contribution in [-0.4, -0.2) is 4.98 Å². The van der Waals surface area contributed by atoms with Gasteiger partial charge in [0.15, 0.2) is 0 Å². The molecule has 5 heteroatoms. The number of anilines is 2. The first-order valence-electron chi connectivity index (χ1n) is 5.32. The van der Waals surface area contributed by atoms with E-state index in [4.69, 9.17) is 0 Å². The Morgan fingerprint density at radius 3 is 2.06 bits per heavy atom. The molecule has 1 aromatic carbocycles. The van der Waals surface area contributed by atoms with E-state index in [2.05, 4.69) is 10.3 Å². The van der Waals surface area contributed by atoms with E-state index in [0.717, 1.165) is 23.5 Å². The second kappa shape index (κ2) is 4.68. The zero-order chi connectivity index (χ0) is 13.2. The van der Waals surface area contributed by atoms with Crippen LogP contribution in [0.2, 0.25) is 0 Å². The van der Waals surface area contributed by atoms with Gasteiger partial charge in [0.05, 0.1) is 17.4 Å². The predicted octanol–water partition coefficient (Wildman–Crippen LogP) is 4.15. The molecule has 0 atom stereocenters. The van der Waals surface area contributed by atoms with Crippen LogP contribution in [0.25, 0.3) is 0 Å². The van der Waals surface area contributed by atoms with Gasteiger partial charge in [0.25, 0.3) is 0 Å². The van der Waals surface area contributed by atoms with E-state index in [9.17, 15) is 13.2 Å². The molecule has 0 amide bonds. The predicted molar refractivity (Wildman–Crippen MR) is 63.7 cm³/mol. The number of rotatable bonds is 2. The Labute approximate surface area is 102 Å². The first-order chi connectivity index (χ1) is 8.45. The fourth-order valence-electron chi connectivity index (χ4n) is 1.45. The summed E-state index contributed by atoms with van der Waals surface area (Å²) >= 11 is 0. The molecule has 0 saturated heterocycles. The first-order valence-corrected chi connectivity index (χ1v) is 5.32. The number of nitrogens with one attached hydrogen (secondary N) is 1. The van der Waals surface area contributed by atoms with Gasteiger partial charge in [0, 0.05) is 11.4 Å². The molecule has 2 nitrogen and oxygen atoms in total. The quantitative estimate of drug-likeness (QED) is 0.868. The first kappa shape index (κ1) is 12.4. The minimum atomic E-state index is -4.30. The van der Waals surface area contributed by atoms with Gasteiger partial charge in [0.2, 0.25) is 0 Å². The molecule has 94 valence electrons. The van der Waals surface area contributed by atoms with Crippen LogP contribution < -0.4 is 5.32 Å². The molecule has 0 unspecified atom stereocenters. The van der Waals surface area contributed by atoms with Gasteiger partial charge in [-0.25, -0.2) is 0 Å². The summed E-state index contributed by atoms with van der Waals surface area (Å²) in [4.78, 5) is 4.09. The molecule has 0 spiro atoms. The molecule has 0 fully saturated rings. The third-order valence-electron chi connectivity index (χ3n) is 2.41. The molecule has 0 aliphatic carbocycles. The average molecular weight is 252 g/mol. The van der Waals surface area contributed by atoms with Gasteiger partial charge < -0.3 is 5.32 Å². The highest BCUT2D eigenvalue weighted by Gasteiger charge is 2.29. The molecule has 2 rings (SSSR count). The molecule has 1 heterocycles. The number of aryl methyl sites for hydroxylation is 1. The lowest BCUT2D eigenvalue weighted by atomic mass is 10.2. The van der Waals surface area contributed by atoms with Gasteiger partial charge in [-0.05, 0) is 43.3 Å². The second-order valence-electron chi connectivity index (χ2n) is 3.89. The maximum atomic E-state index is 12.4. The fourth-order valence-corrected chi connectivity index (χ4v) is 1.45. The lowest BCUT2D eigenvalue weighted by Gasteiger charge is -2.09. The van der Waals surface area contributed by atoms with Crippen LogP contribution in [0.5, 0.6) is 0 Å². The third-order valence-corrected chi connectivity index (χ3v) is 2.41. The Morgan fingerprint density at radius 2 is 1.56 bits per heavy atom. The van der Waals surface area contributed by atoms with Crippen molar-refractivity contribution in [2.45, 2.75) is 13.1 Å². The van der Waals surface area contributed by atoms with Crippen molar-refractivity contribution < 1.29 is 13.2 Å². The molecular formula is C13H11F3N2. The highest BCUT2D eigenvalue weighted by molar-refractivity contribution is 5.59. The number of nitrogens with zero attached hydrogens (tertiary/aromatic N) is 1. The van der Waals surface area contributed by atoms with Gasteiger partial charge >= 0.3 is 6.18 Å². The summed E-state index contributed by atoms with van der Waals surface area (Å²) in [5.74, 6) is 0. The fraction of sp³-hybridized carbons (Fsp3) is 0.154. The highest BCUT2D eigenvalue weighted by atomic mass is 19.4. The van der Waals surface area contributed by atoms with E-state index in [1.54, 1.807) is 6.20 Å². The summed E-state index contributed by atoms with van der Waals surface area (Å²) in [7, 11) is 0. The van der Waals surface area contributed by atoms with Crippen LogP contribution in [0.15, 0.2) is 42.6 Å². The van der Waals surface area contributed by atoms with Crippen molar-refractivity contribution >= 4 is 11.4 Å². The zero-order valence-corrected chi connectivity index (χ0v) is 9.62. The summed E-state index contributed by atoms with van der Waals surface area (Å²) in [5, 5.41) is 2.98. The van der Waals surface area contributed by atoms with Crippen molar-refractivity contribution in [3.05, 3.63) is 53.9 Å². The van der Waals surface area contributed by atoms with E-state index in [1.807, 2.05) is 19.1 Å². The van der Waals surface area contributed by atoms with Crippen molar-refractivity contribution in [3.63, 3.8) is 0 Å². The largest absolute Gasteiger partial charge is 0.416 e. The monoisotopic (exact) mass is 252 g/mol. The lowest BCUT2D eigenvalue weighted by Crippen LogP contribution is -2.04. The topological polar surface area (TPSA) is 24.9 Å². The molecule has 0 bridgehead atoms. The molecule has 0 aliphatic rings. The summed E-state index contributed by atoms with van der Waals surface area (Å²) in [6.45, 7) is 1.86. The number of alkyl halides is 3. The Hall–Kier alpha value is -2.04. The number of benzene rings is 1. The standard InChI is InChI=1S/C13H11F3N2/c1-9-2-5-12(8-17-9)18-11-6-3-10(4-7-11)13(14,15)16/h2-8,18H,1H3. The van der Waals surface area contributed by atoms with Gasteiger partial charge in [0.1, 0.15) is 0 Å². The Morgan fingerprint density at radius 1 is 0.944 bits per heavy atom. The Bertz CT molecular complexity index is 515. The number of hydrogen-bond donors (Lipinski definition) is 1. The third kappa shape index (κ3) is 3.00. The lowest BCUT2D eigenvalue weighted by molar-refractivity contribution is -0.137. The molecule has 18 heavy (non-hydrogen) atoms. The zero-order valence-electron chi connectivity index (χ0n) is 9.62. The normalized spacial score (nSPS) is 11.3. The van der Waals surface area contributed by atoms with Crippen LogP contribution in [0.3, 0.4) is 0 Å². The molecule has 0 aliphatic heterocycles. The molecular weight excluding hydrogens is 241 g/mol. The van der Waals surface area contributed by atoms with E-state index >= 15 is 0 Å². The average Bonchev–Trinajstić information content (AvgIpc) is 2.32. The maximum Gasteiger partial charge on any atom is 0.416 e. The molecule has 1 aromatic heterocycles. The SMILES string of the molecule is Cc1ccc(Nc2ccc(C(F)(F)F)cc2)cn1. The summed E-state index contributed by atoms with van der Waals surface area (Å²) in [6, 6.07) is 8.52. The van der Waals surface area contributed by atoms with E-state index in [-0.39, 0.29) is 0 Å². The number of hydrogen-bond acceptors (Lipinski definition) is 2. The van der Waals surface area contributed by atoms with E-state index in [1.165, 1.54) is 12.1 Å². The van der Waals surface area contributed by atoms with Crippen LogP contribution in [0.4, 0.5) is 24.5 Å². The van der Waals surface area contributed by atoms with Crippen molar-refractivity contribution in [2.75, 3.05) is 5.32 Å². The second-order valence-corrected chi connectivity index (χ2v) is 3.89. The summed E-state index contributed by atoms with van der Waals surface area (Å²) in [6.07, 6.45) is -2.67. The van der Waals surface area contributed by atoms with Gasteiger partial charge in [-0.1, -0.05) is 0 Å². The van der Waals surface area contributed by atoms with Gasteiger partial charge in [-0.15, -0.1) is 0 Å². The van der Waals surface area contributed by atoms with E-state index in [0.29, 0.717) is 5.69 Å². The van der Waals surface area contributed by atoms with E-state index < -0.39 is 11.7 Å². The number of halogens is 3. The van der Waals surface area contributed by atoms with Crippen molar-refractivity contribution in [1.29, 1.82) is 0 Å². The highest BCUT2D eigenvalue weighted by Crippen LogP contribution is 2.30. The van der Waals surface area contributed by atoms with Gasteiger partial charge in [-0.3, -0.25) is 4.98 Å². The number of pyridine rings is 1. The van der Waals surface area contributed by atoms with Crippen LogP contribution in [0, 0.1) is 6.92 Å². The molecule has 2 aromatic rings. The van der Waals surface area contributed by atoms with Crippen LogP contribution in [-0.2, 0) is 6.18 Å². The Kier molecular flexibility index (Phi) is 3.23. The molecule has 1 N–H and O–H groups in total. The van der Waals surface area contributed by atoms with Crippen LogP contribution >= 0.6 is 0 Å². The minimum absolute atomic E-state index is 0.591. The minimum Gasteiger partial charge on any atom is -0.354 e. The summed E-state index contributed by atoms with van der Waals surface area (Å²) in [5.41, 5.74) is 1.55. The van der Waals surface area contributed by atoms with Crippen LogP contribution in [0.1, 0.15) is 11.3 Å². The van der Waals surface area contributed by atoms with Crippen molar-refractivity contribution in [1.82, 2.24) is 4.98 Å². The Balaban J connectivity index is 2.13. The number of aromatic nitrogens is 1. The maximum absolute atomic E-state index is 12.4. The molecule has 0 saturated carbocycles. The smallest absolute Gasteiger partial charge is 0.354 e. The summed E-state index contributed by atoms with van der Waals surface area (Å²) < 4.78 is 37.1.